The maximum Gasteiger partial charge on any atom is 0.410 e. The fourth-order valence-corrected chi connectivity index (χ4v) is 12.7. The average Bonchev–Trinajstić information content (AvgIpc) is 4.43. The Hall–Kier alpha value is -5.93. The number of aromatic nitrogens is 3. The summed E-state index contributed by atoms with van der Waals surface area (Å²) in [5, 5.41) is 27.5. The number of ether oxygens (including phenoxy) is 1. The van der Waals surface area contributed by atoms with E-state index >= 15 is 0 Å². The first-order chi connectivity index (χ1) is 38.8. The van der Waals surface area contributed by atoms with Gasteiger partial charge in [-0.2, -0.15) is 11.8 Å². The summed E-state index contributed by atoms with van der Waals surface area (Å²) in [6, 6.07) is 5.90. The topological polar surface area (TPSA) is 258 Å². The van der Waals surface area contributed by atoms with Gasteiger partial charge < -0.3 is 46.4 Å². The van der Waals surface area contributed by atoms with Crippen LogP contribution in [0.1, 0.15) is 187 Å². The highest BCUT2D eigenvalue weighted by Gasteiger charge is 2.47. The lowest BCUT2D eigenvalue weighted by Crippen LogP contribution is -2.62. The third-order valence-electron chi connectivity index (χ3n) is 15.8. The first kappa shape index (κ1) is 64.2. The molecule has 4 saturated heterocycles. The quantitative estimate of drug-likeness (QED) is 0.0349. The molecule has 0 bridgehead atoms. The van der Waals surface area contributed by atoms with Crippen molar-refractivity contribution >= 4 is 59.3 Å². The summed E-state index contributed by atoms with van der Waals surface area (Å²) in [6.45, 7) is 12.9. The van der Waals surface area contributed by atoms with Crippen molar-refractivity contribution < 1.29 is 43.1 Å². The van der Waals surface area contributed by atoms with Crippen LogP contribution < -0.4 is 31.9 Å². The number of amides is 9. The summed E-state index contributed by atoms with van der Waals surface area (Å²) >= 11 is 1.90. The van der Waals surface area contributed by atoms with Gasteiger partial charge in [0, 0.05) is 76.1 Å². The van der Waals surface area contributed by atoms with Crippen molar-refractivity contribution in [3.63, 3.8) is 0 Å². The maximum absolute atomic E-state index is 14.8. The molecule has 22 heteroatoms. The smallest absolute Gasteiger partial charge is 0.410 e. The molecule has 5 heterocycles. The van der Waals surface area contributed by atoms with Gasteiger partial charge in [0.05, 0.1) is 24.3 Å². The Labute approximate surface area is 484 Å². The normalized spacial score (nSPS) is 21.4. The van der Waals surface area contributed by atoms with Gasteiger partial charge in [0.1, 0.15) is 29.4 Å². The number of nitrogens with zero attached hydrogens (tertiary/aromatic N) is 6. The van der Waals surface area contributed by atoms with Crippen LogP contribution in [-0.2, 0) is 40.0 Å². The maximum atomic E-state index is 14.8. The van der Waals surface area contributed by atoms with E-state index in [0.717, 1.165) is 101 Å². The molecule has 8 atom stereocenters. The molecule has 2 aromatic rings. The van der Waals surface area contributed by atoms with Gasteiger partial charge in [-0.15, -0.1) is 5.10 Å². The lowest BCUT2D eigenvalue weighted by Gasteiger charge is -2.39. The number of hydrogen-bond acceptors (Lipinski definition) is 12. The van der Waals surface area contributed by atoms with Crippen LogP contribution >= 0.6 is 11.8 Å². The standard InChI is InChI=1S/C59H94N12O9S/c1-40(2)36-51(74)69-35-31-43-29-30-47(71(43)56(77)45(37-69)62-54(75)41(3)68(7)58(79)80-59(4,5)6)55(76)64-52(42-24-16-14-17-25-42)44-38-70(67-66-44)34-23-13-11-9-8-10-12-21-32-60-49(72)27-18-15-22-33-61-50(73)28-20-19-26-48-53-46(39-81-48)63-57(78)65-53/h14,16-17,24-25,38,40-41,43,45-48,52-53H,8-13,15,18-23,26-37,39H2,1-7H3,(H,60,72)(H,61,73)(H,62,75)(H,64,76)(H2,63,65,78)/t41-,43+,45-,46-,47-,48-,52-,53-/m0/s1. The third kappa shape index (κ3) is 20.5. The van der Waals surface area contributed by atoms with Gasteiger partial charge in [0.25, 0.3) is 0 Å². The highest BCUT2D eigenvalue weighted by molar-refractivity contribution is 8.00. The molecule has 0 saturated carbocycles. The van der Waals surface area contributed by atoms with Gasteiger partial charge in [0.2, 0.25) is 35.4 Å². The second-order valence-electron chi connectivity index (χ2n) is 24.0. The highest BCUT2D eigenvalue weighted by Crippen LogP contribution is 2.34. The first-order valence-corrected chi connectivity index (χ1v) is 31.2. The van der Waals surface area contributed by atoms with Gasteiger partial charge in [-0.05, 0) is 97.0 Å². The van der Waals surface area contributed by atoms with Gasteiger partial charge in [0.15, 0.2) is 0 Å². The predicted molar refractivity (Wildman–Crippen MR) is 312 cm³/mol. The number of likely N-dealkylation sites (N-methyl/N-ethyl adjacent to an activating group) is 1. The van der Waals surface area contributed by atoms with E-state index in [1.54, 1.807) is 37.5 Å². The van der Waals surface area contributed by atoms with Crippen LogP contribution in [0.25, 0.3) is 0 Å². The van der Waals surface area contributed by atoms with Crippen LogP contribution in [-0.4, -0.2) is 163 Å². The van der Waals surface area contributed by atoms with Crippen LogP contribution in [0.5, 0.6) is 0 Å². The Balaban J connectivity index is 0.867. The zero-order valence-electron chi connectivity index (χ0n) is 49.3. The summed E-state index contributed by atoms with van der Waals surface area (Å²) < 4.78 is 7.30. The lowest BCUT2D eigenvalue weighted by molar-refractivity contribution is -0.147. The summed E-state index contributed by atoms with van der Waals surface area (Å²) in [4.78, 5) is 110. The van der Waals surface area contributed by atoms with Crippen LogP contribution in [0, 0.1) is 5.92 Å². The van der Waals surface area contributed by atoms with Gasteiger partial charge >= 0.3 is 12.1 Å². The van der Waals surface area contributed by atoms with Crippen molar-refractivity contribution in [1.29, 1.82) is 0 Å². The van der Waals surface area contributed by atoms with Crippen molar-refractivity contribution in [2.45, 2.75) is 230 Å². The number of carbonyl (C=O) groups excluding carboxylic acids is 8. The van der Waals surface area contributed by atoms with E-state index < -0.39 is 47.7 Å². The average molecular weight is 1150 g/mol. The molecule has 4 aliphatic heterocycles. The molecule has 450 valence electrons. The van der Waals surface area contributed by atoms with E-state index in [1.165, 1.54) is 11.9 Å². The third-order valence-corrected chi connectivity index (χ3v) is 17.3. The Morgan fingerprint density at radius 3 is 2.12 bits per heavy atom. The number of nitrogens with one attached hydrogen (secondary N) is 6. The van der Waals surface area contributed by atoms with Gasteiger partial charge in [-0.1, -0.05) is 101 Å². The van der Waals surface area contributed by atoms with Crippen molar-refractivity contribution in [3.05, 3.63) is 47.8 Å². The van der Waals surface area contributed by atoms with Crippen molar-refractivity contribution in [3.8, 4) is 0 Å². The summed E-state index contributed by atoms with van der Waals surface area (Å²) in [5.74, 6) is -0.315. The van der Waals surface area contributed by atoms with E-state index in [4.69, 9.17) is 4.74 Å². The first-order valence-electron chi connectivity index (χ1n) is 30.1. The minimum absolute atomic E-state index is 0.0669. The number of fused-ring (bicyclic) bond motifs is 2. The molecule has 6 N–H and O–H groups in total. The Morgan fingerprint density at radius 2 is 1.46 bits per heavy atom. The van der Waals surface area contributed by atoms with Crippen molar-refractivity contribution in [2.24, 2.45) is 5.92 Å². The number of rotatable bonds is 31. The molecule has 6 rings (SSSR count). The summed E-state index contributed by atoms with van der Waals surface area (Å²) in [7, 11) is 1.46. The highest BCUT2D eigenvalue weighted by atomic mass is 32.2. The molecule has 4 fully saturated rings. The van der Waals surface area contributed by atoms with Crippen molar-refractivity contribution in [2.75, 3.05) is 39.0 Å². The van der Waals surface area contributed by atoms with E-state index in [9.17, 15) is 38.4 Å². The molecule has 0 unspecified atom stereocenters. The molecular formula is C59H94N12O9S. The Bertz CT molecular complexity index is 2380. The van der Waals surface area contributed by atoms with Crippen LogP contribution in [0.4, 0.5) is 9.59 Å². The molecule has 0 radical (unpaired) electrons. The van der Waals surface area contributed by atoms with Gasteiger partial charge in [-0.3, -0.25) is 38.3 Å². The molecule has 0 aliphatic carbocycles. The molecule has 4 aliphatic rings. The zero-order valence-corrected chi connectivity index (χ0v) is 50.1. The Morgan fingerprint density at radius 1 is 0.815 bits per heavy atom. The minimum atomic E-state index is -1.17. The SMILES string of the molecule is CC(C)CC(=O)N1CC[C@H]2CC[C@@H](C(=O)N[C@@H](c3ccccc3)c3cn(CCCCCCCCCCNC(=O)CCCCCNC(=O)CCCC[C@@H]4SC[C@@H]5NC(=O)N[C@@H]54)nn3)N2C(=O)[C@@H](NC(=O)[C@H](C)N(C)C(=O)OC(C)(C)C)C1. The largest absolute Gasteiger partial charge is 0.444 e. The van der Waals surface area contributed by atoms with Gasteiger partial charge in [-0.25, -0.2) is 9.59 Å². The molecule has 1 aromatic heterocycles. The fraction of sp³-hybridized carbons (Fsp3) is 0.729. The van der Waals surface area contributed by atoms with E-state index in [-0.39, 0.29) is 66.7 Å². The molecule has 1 aromatic carbocycles. The summed E-state index contributed by atoms with van der Waals surface area (Å²) in [6.07, 6.45) is 17.8. The van der Waals surface area contributed by atoms with Crippen LogP contribution in [0.3, 0.4) is 0 Å². The van der Waals surface area contributed by atoms with E-state index in [1.807, 2.05) is 66.8 Å². The molecule has 0 spiro atoms. The number of aryl methyl sites for hydroxylation is 1. The number of unbranched alkanes of at least 4 members (excludes halogenated alkanes) is 10. The van der Waals surface area contributed by atoms with E-state index in [2.05, 4.69) is 42.2 Å². The molecular weight excluding hydrogens is 1050 g/mol. The number of carbonyl (C=O) groups is 8. The van der Waals surface area contributed by atoms with Crippen LogP contribution in [0.15, 0.2) is 36.5 Å². The Kier molecular flexibility index (Phi) is 25.4. The molecule has 81 heavy (non-hydrogen) atoms. The van der Waals surface area contributed by atoms with Crippen LogP contribution in [0.2, 0.25) is 0 Å². The monoisotopic (exact) mass is 1150 g/mol. The van der Waals surface area contributed by atoms with Crippen molar-refractivity contribution in [1.82, 2.24) is 61.6 Å². The lowest BCUT2D eigenvalue weighted by atomic mass is 10.0. The van der Waals surface area contributed by atoms with E-state index in [0.29, 0.717) is 69.2 Å². The fourth-order valence-electron chi connectivity index (χ4n) is 11.1. The number of benzene rings is 1. The number of urea groups is 1. The number of thioether (sulfide) groups is 1. The number of hydrogen-bond donors (Lipinski definition) is 6. The molecule has 9 amide bonds. The second-order valence-corrected chi connectivity index (χ2v) is 25.3. The summed E-state index contributed by atoms with van der Waals surface area (Å²) in [5.41, 5.74) is 0.593. The molecule has 21 nitrogen and oxygen atoms in total. The minimum Gasteiger partial charge on any atom is -0.444 e. The second kappa shape index (κ2) is 32.1. The zero-order chi connectivity index (χ0) is 58.5. The predicted octanol–water partition coefficient (Wildman–Crippen LogP) is 6.50.